The molecule has 0 bridgehead atoms. The second-order valence-electron chi connectivity index (χ2n) is 3.26. The second kappa shape index (κ2) is 12.2. The molecule has 0 radical (unpaired) electrons. The average Bonchev–Trinajstić information content (AvgIpc) is 2.24. The van der Waals surface area contributed by atoms with Gasteiger partial charge in [0.15, 0.2) is 0 Å². The summed E-state index contributed by atoms with van der Waals surface area (Å²) in [7, 11) is 0. The molecule has 6 heteroatoms. The molecular weight excluding hydrogens is 345 g/mol. The zero-order chi connectivity index (χ0) is 11.8. The first-order valence-electron chi connectivity index (χ1n) is 4.64. The zero-order valence-electron chi connectivity index (χ0n) is 9.91. The second-order valence-corrected chi connectivity index (χ2v) is 3.26. The molecule has 1 rings (SSSR count). The quantitative estimate of drug-likeness (QED) is 0.640. The van der Waals surface area contributed by atoms with Gasteiger partial charge in [0.1, 0.15) is 11.4 Å². The molecule has 0 aliphatic rings. The van der Waals surface area contributed by atoms with Crippen LogP contribution in [0.3, 0.4) is 0 Å². The average molecular weight is 362 g/mol. The molecule has 0 heterocycles. The number of rotatable bonds is 2. The van der Waals surface area contributed by atoms with Gasteiger partial charge < -0.3 is 5.11 Å². The normalized spacial score (nSPS) is 8.94. The molecule has 0 saturated heterocycles. The van der Waals surface area contributed by atoms with E-state index in [2.05, 4.69) is 18.8 Å². The molecule has 0 amide bonds. The van der Waals surface area contributed by atoms with Gasteiger partial charge in [0.25, 0.3) is 0 Å². The Bertz CT molecular complexity index is 346. The van der Waals surface area contributed by atoms with Crippen molar-refractivity contribution in [2.45, 2.75) is 26.7 Å². The van der Waals surface area contributed by atoms with Crippen LogP contribution in [0, 0.1) is 0 Å². The van der Waals surface area contributed by atoms with Gasteiger partial charge in [0.05, 0.1) is 0 Å². The molecule has 1 aromatic carbocycles. The van der Waals surface area contributed by atoms with E-state index in [1.807, 2.05) is 19.1 Å². The van der Waals surface area contributed by atoms with Crippen LogP contribution in [0.15, 0.2) is 23.2 Å². The van der Waals surface area contributed by atoms with Gasteiger partial charge >= 0.3 is 23.2 Å². The Morgan fingerprint density at radius 2 is 1.82 bits per heavy atom. The third kappa shape index (κ3) is 6.92. The topological polar surface area (TPSA) is 49.7 Å². The van der Waals surface area contributed by atoms with Crippen molar-refractivity contribution in [3.8, 4) is 5.75 Å². The summed E-state index contributed by atoms with van der Waals surface area (Å²) in [4.78, 5) is 4.07. The zero-order valence-corrected chi connectivity index (χ0v) is 13.6. The van der Waals surface area contributed by atoms with Gasteiger partial charge in [-0.3, -0.25) is 4.99 Å². The summed E-state index contributed by atoms with van der Waals surface area (Å²) < 4.78 is 8.26. The number of para-hydroxylation sites is 1. The van der Waals surface area contributed by atoms with Gasteiger partial charge in [-0.25, -0.2) is 0 Å². The van der Waals surface area contributed by atoms with E-state index in [4.69, 9.17) is 3.40 Å². The van der Waals surface area contributed by atoms with Gasteiger partial charge in [-0.1, -0.05) is 26.0 Å². The number of benzene rings is 1. The molecule has 3 nitrogen and oxygen atoms in total. The van der Waals surface area contributed by atoms with Crippen molar-refractivity contribution in [1.82, 2.24) is 0 Å². The molecular formula is C11H17Cl2MoNO2. The molecule has 0 spiro atoms. The molecule has 1 aromatic rings. The number of aromatic hydroxyl groups is 1. The van der Waals surface area contributed by atoms with Crippen molar-refractivity contribution in [2.75, 3.05) is 0 Å². The Kier molecular flexibility index (Phi) is 15.8. The summed E-state index contributed by atoms with van der Waals surface area (Å²) in [5, 5.41) is 9.78. The molecule has 0 aliphatic heterocycles. The van der Waals surface area contributed by atoms with Gasteiger partial charge in [0, 0.05) is 6.21 Å². The molecule has 0 aliphatic carbocycles. The number of aliphatic imine (C=N–C) groups is 1. The Labute approximate surface area is 126 Å². The van der Waals surface area contributed by atoms with Crippen LogP contribution in [-0.4, -0.2) is 11.3 Å². The van der Waals surface area contributed by atoms with Gasteiger partial charge in [-0.2, -0.15) is 0 Å². The summed E-state index contributed by atoms with van der Waals surface area (Å²) >= 11 is 0.700. The monoisotopic (exact) mass is 363 g/mol. The van der Waals surface area contributed by atoms with Crippen molar-refractivity contribution >= 4 is 36.7 Å². The van der Waals surface area contributed by atoms with Gasteiger partial charge in [-0.15, -0.1) is 24.8 Å². The molecule has 98 valence electrons. The summed E-state index contributed by atoms with van der Waals surface area (Å²) in [6, 6.07) is 5.65. The van der Waals surface area contributed by atoms with Crippen LogP contribution in [0.5, 0.6) is 5.75 Å². The Morgan fingerprint density at radius 1 is 1.29 bits per heavy atom. The summed E-state index contributed by atoms with van der Waals surface area (Å²) in [5.74, 6) is 0.627. The predicted octanol–water partition coefficient (Wildman–Crippen LogP) is 3.96. The van der Waals surface area contributed by atoms with Crippen molar-refractivity contribution < 1.29 is 28.3 Å². The summed E-state index contributed by atoms with van der Waals surface area (Å²) in [6.45, 7) is 5.93. The van der Waals surface area contributed by atoms with Crippen LogP contribution >= 0.6 is 24.8 Å². The van der Waals surface area contributed by atoms with Crippen molar-refractivity contribution in [3.05, 3.63) is 23.8 Å². The third-order valence-electron chi connectivity index (χ3n) is 1.94. The number of halogens is 2. The fourth-order valence-corrected chi connectivity index (χ4v) is 1.26. The predicted molar refractivity (Wildman–Crippen MR) is 71.2 cm³/mol. The Balaban J connectivity index is -0.000000464. The molecule has 0 aromatic heterocycles. The molecule has 17 heavy (non-hydrogen) atoms. The van der Waals surface area contributed by atoms with Crippen molar-refractivity contribution in [2.24, 2.45) is 4.99 Å². The summed E-state index contributed by atoms with van der Waals surface area (Å²) in [5.41, 5.74) is 1.59. The Hall–Kier alpha value is -0.242. The molecule has 0 atom stereocenters. The first-order chi connectivity index (χ1) is 7.16. The van der Waals surface area contributed by atoms with E-state index in [1.165, 1.54) is 0 Å². The molecule has 0 fully saturated rings. The first kappa shape index (κ1) is 22.0. The van der Waals surface area contributed by atoms with E-state index in [-0.39, 0.29) is 24.8 Å². The standard InChI is InChI=1S/C11H15NO.2ClH.Mo.O/c1-4-12-10-7-5-6-9(8(2)3)11(10)13;;;;/h4-8,13H,1-3H3;2*1H;;. The van der Waals surface area contributed by atoms with Crippen LogP contribution in [-0.2, 0) is 23.2 Å². The molecule has 0 saturated carbocycles. The maximum absolute atomic E-state index is 9.78. The minimum absolute atomic E-state index is 0. The number of phenols is 1. The SMILES string of the molecule is CC=Nc1cccc(C(C)C)c1O.Cl.Cl.[O]=[Mo]. The number of hydrogen-bond acceptors (Lipinski definition) is 3. The molecule has 0 unspecified atom stereocenters. The summed E-state index contributed by atoms with van der Waals surface area (Å²) in [6.07, 6.45) is 1.68. The molecule has 1 N–H and O–H groups in total. The van der Waals surface area contributed by atoms with Crippen LogP contribution < -0.4 is 0 Å². The first-order valence-corrected chi connectivity index (χ1v) is 5.46. The fourth-order valence-electron chi connectivity index (χ4n) is 1.26. The van der Waals surface area contributed by atoms with Gasteiger partial charge in [-0.05, 0) is 24.5 Å². The van der Waals surface area contributed by atoms with E-state index < -0.39 is 0 Å². The van der Waals surface area contributed by atoms with Crippen molar-refractivity contribution in [3.63, 3.8) is 0 Å². The number of hydrogen-bond donors (Lipinski definition) is 1. The van der Waals surface area contributed by atoms with Crippen LogP contribution in [0.25, 0.3) is 0 Å². The van der Waals surface area contributed by atoms with E-state index >= 15 is 0 Å². The Morgan fingerprint density at radius 3 is 2.24 bits per heavy atom. The number of nitrogens with zero attached hydrogens (tertiary/aromatic N) is 1. The maximum atomic E-state index is 9.78. The van der Waals surface area contributed by atoms with E-state index in [1.54, 1.807) is 12.3 Å². The van der Waals surface area contributed by atoms with Crippen LogP contribution in [0.2, 0.25) is 0 Å². The fraction of sp³-hybridized carbons (Fsp3) is 0.364. The third-order valence-corrected chi connectivity index (χ3v) is 1.94. The van der Waals surface area contributed by atoms with Crippen LogP contribution in [0.4, 0.5) is 5.69 Å². The van der Waals surface area contributed by atoms with E-state index in [0.29, 0.717) is 37.1 Å². The van der Waals surface area contributed by atoms with E-state index in [9.17, 15) is 5.11 Å². The van der Waals surface area contributed by atoms with Crippen molar-refractivity contribution in [1.29, 1.82) is 0 Å². The number of phenolic OH excluding ortho intramolecular Hbond substituents is 1. The van der Waals surface area contributed by atoms with Gasteiger partial charge in [0.2, 0.25) is 0 Å². The van der Waals surface area contributed by atoms with Crippen LogP contribution in [0.1, 0.15) is 32.3 Å². The van der Waals surface area contributed by atoms with E-state index in [0.717, 1.165) is 5.56 Å². The minimum atomic E-state index is 0.